The Morgan fingerprint density at radius 1 is 0.698 bits per heavy atom. The van der Waals surface area contributed by atoms with Gasteiger partial charge in [0.25, 0.3) is 23.6 Å². The lowest BCUT2D eigenvalue weighted by atomic mass is 9.77. The van der Waals surface area contributed by atoms with Crippen LogP contribution >= 0.6 is 0 Å². The molecule has 0 bridgehead atoms. The molecule has 63 heavy (non-hydrogen) atoms. The molecule has 330 valence electrons. The fraction of sp³-hybridized carbons (Fsp3) is 0.404. The van der Waals surface area contributed by atoms with Crippen LogP contribution in [0.15, 0.2) is 72.8 Å². The molecule has 5 aliphatic heterocycles. The van der Waals surface area contributed by atoms with Gasteiger partial charge in [-0.25, -0.2) is 4.79 Å². The molecule has 8 rings (SSSR count). The zero-order valence-electron chi connectivity index (χ0n) is 35.7. The van der Waals surface area contributed by atoms with Crippen molar-refractivity contribution in [3.05, 3.63) is 117 Å². The third-order valence-corrected chi connectivity index (χ3v) is 19.1. The lowest BCUT2D eigenvalue weighted by Crippen LogP contribution is -2.67. The monoisotopic (exact) mass is 881 g/mol. The summed E-state index contributed by atoms with van der Waals surface area (Å²) in [7, 11) is -2.90. The summed E-state index contributed by atoms with van der Waals surface area (Å²) in [6.45, 7) is 10.0. The smallest absolute Gasteiger partial charge is 0.417 e. The minimum Gasteiger partial charge on any atom is -0.441 e. The van der Waals surface area contributed by atoms with E-state index in [-0.39, 0.29) is 24.0 Å². The predicted molar refractivity (Wildman–Crippen MR) is 229 cm³/mol. The van der Waals surface area contributed by atoms with Gasteiger partial charge in [-0.2, -0.15) is 13.2 Å². The second-order valence-electron chi connectivity index (χ2n) is 16.9. The predicted octanol–water partition coefficient (Wildman–Crippen LogP) is 4.60. The molecule has 2 N–H and O–H groups in total. The van der Waals surface area contributed by atoms with Crippen LogP contribution in [-0.4, -0.2) is 102 Å². The first-order chi connectivity index (χ1) is 30.0. The lowest BCUT2D eigenvalue weighted by Gasteiger charge is -2.48. The number of amides is 5. The molecule has 1 fully saturated rings. The lowest BCUT2D eigenvalue weighted by molar-refractivity contribution is -0.145. The van der Waals surface area contributed by atoms with Crippen LogP contribution in [0.2, 0.25) is 12.1 Å². The summed E-state index contributed by atoms with van der Waals surface area (Å²) in [5, 5.41) is 1.82. The van der Waals surface area contributed by atoms with Gasteiger partial charge in [0.2, 0.25) is 5.91 Å². The van der Waals surface area contributed by atoms with Crippen LogP contribution in [-0.2, 0) is 48.5 Å². The minimum atomic E-state index is -5.01. The Labute approximate surface area is 364 Å². The van der Waals surface area contributed by atoms with Crippen LogP contribution < -0.4 is 16.1 Å². The summed E-state index contributed by atoms with van der Waals surface area (Å²) < 4.78 is 50.1. The Morgan fingerprint density at radius 3 is 1.54 bits per heavy atom. The molecular weight excluding hydrogens is 832 g/mol. The van der Waals surface area contributed by atoms with Gasteiger partial charge in [0.05, 0.1) is 29.0 Å². The van der Waals surface area contributed by atoms with Gasteiger partial charge >= 0.3 is 12.1 Å². The number of hydrogen-bond acceptors (Lipinski definition) is 9. The van der Waals surface area contributed by atoms with Gasteiger partial charge in [-0.3, -0.25) is 43.6 Å². The highest BCUT2D eigenvalue weighted by molar-refractivity contribution is 7.03. The fourth-order valence-corrected chi connectivity index (χ4v) is 16.7. The standard InChI is InChI=1S/C47H50F3N5O7Si/c1-5-52(6-2)38(54-40(56)16-17-41(54)57)24-28-12-14-32-36(22-28)63(20-10-9-11-21-63)37-23-29(25-39(53(7-3)8-4)55-42(58)18-19-43(55)59)13-15-33(37)46(32)34-26-30(44(51)60)35(47(48,49)50)27-31(34)45(61)62-46/h12-19,22-23,26-27,38-39H,5-11,20-21,24-25H2,1-4H3,(H2,51,60). The van der Waals surface area contributed by atoms with Gasteiger partial charge in [-0.1, -0.05) is 83.4 Å². The number of halogens is 3. The van der Waals surface area contributed by atoms with Crippen molar-refractivity contribution >= 4 is 54.0 Å². The third kappa shape index (κ3) is 7.06. The Bertz CT molecular complexity index is 2360. The van der Waals surface area contributed by atoms with Crippen molar-refractivity contribution < 1.29 is 46.7 Å². The van der Waals surface area contributed by atoms with Crippen LogP contribution in [0.4, 0.5) is 13.2 Å². The zero-order chi connectivity index (χ0) is 45.2. The first-order valence-corrected chi connectivity index (χ1v) is 24.1. The average molecular weight is 882 g/mol. The van der Waals surface area contributed by atoms with E-state index in [9.17, 15) is 41.9 Å². The number of esters is 1. The number of fused-ring (bicyclic) bond motifs is 8. The number of primary amides is 1. The highest BCUT2D eigenvalue weighted by atomic mass is 28.3. The zero-order valence-corrected chi connectivity index (χ0v) is 36.7. The molecule has 5 amide bonds. The SMILES string of the molecule is CCN(CC)C(Cc1ccc2c(c1)[Si]1(CCCCC1)c1cc(CC(N(CC)CC)N3C(=O)C=CC3=O)ccc1C21OC(=O)c2cc(C(F)(F)F)c(C(N)=O)cc21)N1C(=O)C=CC1=O. The van der Waals surface area contributed by atoms with Crippen molar-refractivity contribution in [1.82, 2.24) is 19.6 Å². The third-order valence-electron chi connectivity index (χ3n) is 13.8. The number of rotatable bonds is 13. The summed E-state index contributed by atoms with van der Waals surface area (Å²) in [5.41, 5.74) is 4.23. The number of carbonyl (C=O) groups is 6. The molecule has 16 heteroatoms. The van der Waals surface area contributed by atoms with E-state index in [0.717, 1.165) is 58.9 Å². The second-order valence-corrected chi connectivity index (χ2v) is 21.1. The highest BCUT2D eigenvalue weighted by Crippen LogP contribution is 2.52. The number of nitrogens with zero attached hydrogens (tertiary/aromatic N) is 4. The van der Waals surface area contributed by atoms with Gasteiger partial charge in [0.1, 0.15) is 8.07 Å². The van der Waals surface area contributed by atoms with Gasteiger partial charge in [-0.05, 0) is 71.9 Å². The van der Waals surface area contributed by atoms with Gasteiger partial charge in [-0.15, -0.1) is 0 Å². The molecule has 3 aromatic rings. The van der Waals surface area contributed by atoms with E-state index < -0.39 is 78.8 Å². The summed E-state index contributed by atoms with van der Waals surface area (Å²) in [6, 6.07) is 14.9. The Balaban J connectivity index is 1.38. The van der Waals surface area contributed by atoms with Crippen molar-refractivity contribution in [2.75, 3.05) is 26.2 Å². The molecule has 0 radical (unpaired) electrons. The second kappa shape index (κ2) is 16.4. The van der Waals surface area contributed by atoms with Gasteiger partial charge in [0, 0.05) is 53.8 Å². The number of likely N-dealkylation sites (N-methyl/N-ethyl adjacent to an activating group) is 2. The van der Waals surface area contributed by atoms with E-state index >= 15 is 0 Å². The van der Waals surface area contributed by atoms with Gasteiger partial charge < -0.3 is 10.5 Å². The van der Waals surface area contributed by atoms with Crippen LogP contribution in [0.5, 0.6) is 0 Å². The largest absolute Gasteiger partial charge is 0.441 e. The molecule has 0 aliphatic carbocycles. The number of hydrogen-bond donors (Lipinski definition) is 1. The molecule has 2 spiro atoms. The van der Waals surface area contributed by atoms with Crippen LogP contribution in [0.25, 0.3) is 0 Å². The molecular formula is C47H50F3N5O7Si. The van der Waals surface area contributed by atoms with Crippen molar-refractivity contribution in [3.8, 4) is 0 Å². The normalized spacial score (nSPS) is 20.9. The van der Waals surface area contributed by atoms with Crippen LogP contribution in [0.1, 0.15) is 101 Å². The van der Waals surface area contributed by atoms with Crippen molar-refractivity contribution in [2.45, 2.75) is 96.0 Å². The van der Waals surface area contributed by atoms with E-state index in [4.69, 9.17) is 10.5 Å². The minimum absolute atomic E-state index is 0.0673. The molecule has 2 unspecified atom stereocenters. The highest BCUT2D eigenvalue weighted by Gasteiger charge is 2.59. The van der Waals surface area contributed by atoms with E-state index in [2.05, 4.69) is 12.1 Å². The summed E-state index contributed by atoms with van der Waals surface area (Å²) >= 11 is 0. The molecule has 12 nitrogen and oxygen atoms in total. The summed E-state index contributed by atoms with van der Waals surface area (Å²) in [4.78, 5) is 86.2. The number of alkyl halides is 3. The summed E-state index contributed by atoms with van der Waals surface area (Å²) in [6.07, 6.45) is 2.10. The maximum absolute atomic E-state index is 14.5. The number of imide groups is 2. The summed E-state index contributed by atoms with van der Waals surface area (Å²) in [5.74, 6) is -3.96. The number of nitrogens with two attached hydrogens (primary N) is 1. The van der Waals surface area contributed by atoms with E-state index in [1.165, 1.54) is 34.1 Å². The Kier molecular flexibility index (Phi) is 11.5. The van der Waals surface area contributed by atoms with Crippen molar-refractivity contribution in [3.63, 3.8) is 0 Å². The fourth-order valence-electron chi connectivity index (χ4n) is 10.9. The van der Waals surface area contributed by atoms with E-state index in [1.807, 2.05) is 61.8 Å². The van der Waals surface area contributed by atoms with Gasteiger partial charge in [0.15, 0.2) is 5.60 Å². The number of benzene rings is 3. The average Bonchev–Trinajstić information content (AvgIpc) is 3.89. The first kappa shape index (κ1) is 43.9. The van der Waals surface area contributed by atoms with Crippen molar-refractivity contribution in [1.29, 1.82) is 0 Å². The Morgan fingerprint density at radius 2 is 1.14 bits per heavy atom. The molecule has 5 heterocycles. The quantitative estimate of drug-likeness (QED) is 0.148. The molecule has 0 aromatic heterocycles. The molecule has 2 atom stereocenters. The number of ether oxygens (including phenoxy) is 1. The molecule has 0 saturated carbocycles. The maximum Gasteiger partial charge on any atom is 0.417 e. The maximum atomic E-state index is 14.5. The van der Waals surface area contributed by atoms with Crippen LogP contribution in [0, 0.1) is 0 Å². The molecule has 1 saturated heterocycles. The molecule has 5 aliphatic rings. The Hall–Kier alpha value is -5.71. The van der Waals surface area contributed by atoms with E-state index in [1.54, 1.807) is 0 Å². The first-order valence-electron chi connectivity index (χ1n) is 21.7. The number of carbonyl (C=O) groups excluding carboxylic acids is 6. The van der Waals surface area contributed by atoms with Crippen molar-refractivity contribution in [2.24, 2.45) is 5.73 Å². The topological polar surface area (TPSA) is 151 Å². The molecule has 3 aromatic carbocycles. The van der Waals surface area contributed by atoms with Crippen LogP contribution in [0.3, 0.4) is 0 Å². The van der Waals surface area contributed by atoms with E-state index in [0.29, 0.717) is 43.4 Å².